The molecule has 1 atom stereocenters. The standard InChI is InChI=1S/C45H68O5/c1-3-5-7-9-11-13-15-17-19-21-22-24-26-28-30-32-34-36-38-40-45(48)50-43(41-46)42-49-44(47)39-37-35-33-31-29-27-25-23-20-18-16-14-12-10-8-6-4-2/h5,7,11-14,17-20,22,24-25,27-28,30-31,33-34,36,43,46H,3-4,6,8-10,15-16,21,23,26,29,32,35,37-42H2,1-2H3/t43-/m0/s1. The minimum Gasteiger partial charge on any atom is -0.462 e. The van der Waals surface area contributed by atoms with Crippen molar-refractivity contribution in [3.8, 4) is 0 Å². The van der Waals surface area contributed by atoms with E-state index >= 15 is 0 Å². The highest BCUT2D eigenvalue weighted by molar-refractivity contribution is 5.70. The van der Waals surface area contributed by atoms with Crippen molar-refractivity contribution in [2.75, 3.05) is 13.2 Å². The summed E-state index contributed by atoms with van der Waals surface area (Å²) in [4.78, 5) is 24.2. The Kier molecular flexibility index (Phi) is 36.8. The average molecular weight is 689 g/mol. The molecule has 0 rings (SSSR count). The Hall–Kier alpha value is -3.70. The van der Waals surface area contributed by atoms with Crippen molar-refractivity contribution in [3.63, 3.8) is 0 Å². The summed E-state index contributed by atoms with van der Waals surface area (Å²) in [6, 6.07) is 0. The molecule has 50 heavy (non-hydrogen) atoms. The summed E-state index contributed by atoms with van der Waals surface area (Å²) in [7, 11) is 0. The van der Waals surface area contributed by atoms with Crippen molar-refractivity contribution in [2.45, 2.75) is 136 Å². The van der Waals surface area contributed by atoms with E-state index in [1.807, 2.05) is 12.2 Å². The molecule has 0 aliphatic carbocycles. The second-order valence-electron chi connectivity index (χ2n) is 11.9. The van der Waals surface area contributed by atoms with Gasteiger partial charge in [-0.25, -0.2) is 0 Å². The van der Waals surface area contributed by atoms with Crippen LogP contribution in [0.4, 0.5) is 0 Å². The monoisotopic (exact) mass is 689 g/mol. The number of hydrogen-bond acceptors (Lipinski definition) is 5. The fraction of sp³-hybridized carbons (Fsp3) is 0.511. The highest BCUT2D eigenvalue weighted by atomic mass is 16.6. The summed E-state index contributed by atoms with van der Waals surface area (Å²) in [5, 5.41) is 9.53. The quantitative estimate of drug-likeness (QED) is 0.0433. The first-order chi connectivity index (χ1) is 24.6. The minimum atomic E-state index is -0.842. The molecular formula is C45H68O5. The summed E-state index contributed by atoms with van der Waals surface area (Å²) in [5.41, 5.74) is 0. The molecule has 0 aromatic carbocycles. The number of hydrogen-bond donors (Lipinski definition) is 1. The maximum Gasteiger partial charge on any atom is 0.306 e. The number of aliphatic hydroxyl groups excluding tert-OH is 1. The molecule has 0 fully saturated rings. The number of rotatable bonds is 32. The fourth-order valence-electron chi connectivity index (χ4n) is 4.39. The molecular weight excluding hydrogens is 620 g/mol. The number of carbonyl (C=O) groups is 2. The van der Waals surface area contributed by atoms with Gasteiger partial charge in [0, 0.05) is 12.8 Å². The molecule has 0 aromatic heterocycles. The molecule has 0 bridgehead atoms. The molecule has 5 heteroatoms. The smallest absolute Gasteiger partial charge is 0.306 e. The van der Waals surface area contributed by atoms with Crippen molar-refractivity contribution in [1.82, 2.24) is 0 Å². The van der Waals surface area contributed by atoms with Crippen molar-refractivity contribution >= 4 is 11.9 Å². The van der Waals surface area contributed by atoms with E-state index in [4.69, 9.17) is 9.47 Å². The molecule has 0 aromatic rings. The van der Waals surface area contributed by atoms with Gasteiger partial charge in [-0.3, -0.25) is 9.59 Å². The lowest BCUT2D eigenvalue weighted by Crippen LogP contribution is -2.28. The summed E-state index contributed by atoms with van der Waals surface area (Å²) in [6.07, 6.45) is 58.4. The Morgan fingerprint density at radius 1 is 0.480 bits per heavy atom. The first-order valence-corrected chi connectivity index (χ1v) is 19.1. The van der Waals surface area contributed by atoms with Crippen LogP contribution in [0, 0.1) is 0 Å². The van der Waals surface area contributed by atoms with Crippen LogP contribution in [-0.4, -0.2) is 36.4 Å². The van der Waals surface area contributed by atoms with E-state index in [2.05, 4.69) is 123 Å². The van der Waals surface area contributed by atoms with Gasteiger partial charge in [0.25, 0.3) is 0 Å². The van der Waals surface area contributed by atoms with Crippen LogP contribution in [0.3, 0.4) is 0 Å². The first-order valence-electron chi connectivity index (χ1n) is 19.1. The lowest BCUT2D eigenvalue weighted by atomic mass is 10.2. The average Bonchev–Trinajstić information content (AvgIpc) is 3.12. The van der Waals surface area contributed by atoms with Crippen LogP contribution >= 0.6 is 0 Å². The second-order valence-corrected chi connectivity index (χ2v) is 11.9. The van der Waals surface area contributed by atoms with Crippen molar-refractivity contribution in [1.29, 1.82) is 0 Å². The molecule has 0 aliphatic rings. The lowest BCUT2D eigenvalue weighted by Gasteiger charge is -2.15. The van der Waals surface area contributed by atoms with Crippen molar-refractivity contribution < 1.29 is 24.2 Å². The van der Waals surface area contributed by atoms with Gasteiger partial charge in [0.2, 0.25) is 0 Å². The maximum atomic E-state index is 12.1. The third-order valence-electron chi connectivity index (χ3n) is 7.25. The van der Waals surface area contributed by atoms with Crippen LogP contribution in [0.25, 0.3) is 0 Å². The Bertz CT molecular complexity index is 1100. The van der Waals surface area contributed by atoms with Crippen LogP contribution in [0.15, 0.2) is 122 Å². The SMILES string of the molecule is CCC=CCC=CCC=CCC=CCC=CCC=CCCC(=O)O[C@@H](CO)COC(=O)CCCC=CCC=CCC=CCC=CCCCCC. The van der Waals surface area contributed by atoms with E-state index in [9.17, 15) is 14.7 Å². The summed E-state index contributed by atoms with van der Waals surface area (Å²) in [6.45, 7) is 3.85. The largest absolute Gasteiger partial charge is 0.462 e. The molecule has 0 unspecified atom stereocenters. The molecule has 0 saturated heterocycles. The number of ether oxygens (including phenoxy) is 2. The predicted molar refractivity (Wildman–Crippen MR) is 214 cm³/mol. The Morgan fingerprint density at radius 3 is 1.30 bits per heavy atom. The van der Waals surface area contributed by atoms with Gasteiger partial charge < -0.3 is 14.6 Å². The van der Waals surface area contributed by atoms with E-state index in [0.717, 1.165) is 64.2 Å². The zero-order chi connectivity index (χ0) is 36.4. The third kappa shape index (κ3) is 37.1. The van der Waals surface area contributed by atoms with Crippen molar-refractivity contribution in [2.24, 2.45) is 0 Å². The summed E-state index contributed by atoms with van der Waals surface area (Å²) >= 11 is 0. The number of esters is 2. The Morgan fingerprint density at radius 2 is 0.880 bits per heavy atom. The molecule has 0 radical (unpaired) electrons. The Labute approximate surface area is 305 Å². The number of aliphatic hydroxyl groups is 1. The van der Waals surface area contributed by atoms with Gasteiger partial charge in [0.05, 0.1) is 6.61 Å². The van der Waals surface area contributed by atoms with Crippen molar-refractivity contribution in [3.05, 3.63) is 122 Å². The maximum absolute atomic E-state index is 12.1. The fourth-order valence-corrected chi connectivity index (χ4v) is 4.39. The molecule has 1 N–H and O–H groups in total. The highest BCUT2D eigenvalue weighted by Gasteiger charge is 2.15. The van der Waals surface area contributed by atoms with Gasteiger partial charge in [-0.15, -0.1) is 0 Å². The van der Waals surface area contributed by atoms with Gasteiger partial charge in [0.15, 0.2) is 6.10 Å². The van der Waals surface area contributed by atoms with Gasteiger partial charge in [-0.1, -0.05) is 148 Å². The highest BCUT2D eigenvalue weighted by Crippen LogP contribution is 2.05. The molecule has 5 nitrogen and oxygen atoms in total. The van der Waals surface area contributed by atoms with E-state index in [1.165, 1.54) is 25.7 Å². The predicted octanol–water partition coefficient (Wildman–Crippen LogP) is 12.1. The Balaban J connectivity index is 3.85. The first kappa shape index (κ1) is 46.3. The van der Waals surface area contributed by atoms with Crippen LogP contribution in [0.2, 0.25) is 0 Å². The third-order valence-corrected chi connectivity index (χ3v) is 7.25. The van der Waals surface area contributed by atoms with E-state index in [0.29, 0.717) is 12.8 Å². The topological polar surface area (TPSA) is 72.8 Å². The van der Waals surface area contributed by atoms with Crippen LogP contribution in [0.1, 0.15) is 129 Å². The van der Waals surface area contributed by atoms with E-state index in [-0.39, 0.29) is 32.0 Å². The van der Waals surface area contributed by atoms with Crippen LogP contribution in [-0.2, 0) is 19.1 Å². The minimum absolute atomic E-state index is 0.134. The van der Waals surface area contributed by atoms with Gasteiger partial charge >= 0.3 is 11.9 Å². The number of unbranched alkanes of at least 4 members (excludes halogenated alkanes) is 4. The van der Waals surface area contributed by atoms with Gasteiger partial charge in [-0.2, -0.15) is 0 Å². The zero-order valence-corrected chi connectivity index (χ0v) is 31.3. The molecule has 0 saturated carbocycles. The number of allylic oxidation sites excluding steroid dienone is 20. The summed E-state index contributed by atoms with van der Waals surface area (Å²) in [5.74, 6) is -0.770. The zero-order valence-electron chi connectivity index (χ0n) is 31.3. The van der Waals surface area contributed by atoms with Gasteiger partial charge in [0.1, 0.15) is 6.61 Å². The van der Waals surface area contributed by atoms with Gasteiger partial charge in [-0.05, 0) is 89.9 Å². The van der Waals surface area contributed by atoms with E-state index < -0.39 is 12.1 Å². The molecule has 0 amide bonds. The molecule has 278 valence electrons. The number of carbonyl (C=O) groups excluding carboxylic acids is 2. The summed E-state index contributed by atoms with van der Waals surface area (Å²) < 4.78 is 10.5. The molecule has 0 heterocycles. The van der Waals surface area contributed by atoms with Crippen LogP contribution < -0.4 is 0 Å². The normalized spacial score (nSPS) is 13.6. The molecule has 0 aliphatic heterocycles. The second kappa shape index (κ2) is 39.7. The lowest BCUT2D eigenvalue weighted by molar-refractivity contribution is -0.161. The van der Waals surface area contributed by atoms with Crippen LogP contribution in [0.5, 0.6) is 0 Å². The molecule has 0 spiro atoms. The van der Waals surface area contributed by atoms with E-state index in [1.54, 1.807) is 0 Å².